The summed E-state index contributed by atoms with van der Waals surface area (Å²) in [5.74, 6) is 1.49. The van der Waals surface area contributed by atoms with Gasteiger partial charge in [-0.2, -0.15) is 0 Å². The minimum Gasteiger partial charge on any atom is -0.301 e. The van der Waals surface area contributed by atoms with E-state index in [1.165, 1.54) is 6.42 Å². The van der Waals surface area contributed by atoms with Gasteiger partial charge in [-0.3, -0.25) is 4.40 Å². The average molecular weight is 274 g/mol. The lowest BCUT2D eigenvalue weighted by atomic mass is 9.92. The van der Waals surface area contributed by atoms with E-state index in [1.807, 2.05) is 18.2 Å². The van der Waals surface area contributed by atoms with Crippen LogP contribution in [0.15, 0.2) is 29.2 Å². The fraction of sp³-hybridized carbons (Fsp3) is 0.600. The first-order chi connectivity index (χ1) is 9.63. The molecule has 1 saturated heterocycles. The van der Waals surface area contributed by atoms with Gasteiger partial charge in [-0.15, -0.1) is 5.10 Å². The molecule has 1 aliphatic rings. The minimum absolute atomic E-state index is 0.0429. The van der Waals surface area contributed by atoms with Crippen LogP contribution in [0.4, 0.5) is 0 Å². The maximum absolute atomic E-state index is 12.2. The van der Waals surface area contributed by atoms with Crippen molar-refractivity contribution in [3.8, 4) is 0 Å². The number of nitrogens with zero attached hydrogens (tertiary/aromatic N) is 4. The largest absolute Gasteiger partial charge is 0.350 e. The second-order valence-electron chi connectivity index (χ2n) is 6.14. The Bertz CT molecular complexity index is 635. The van der Waals surface area contributed by atoms with Gasteiger partial charge in [0.2, 0.25) is 0 Å². The zero-order valence-corrected chi connectivity index (χ0v) is 12.2. The quantitative estimate of drug-likeness (QED) is 0.851. The Morgan fingerprint density at radius 1 is 1.20 bits per heavy atom. The molecule has 3 rings (SSSR count). The van der Waals surface area contributed by atoms with Crippen LogP contribution in [0.2, 0.25) is 0 Å². The summed E-state index contributed by atoms with van der Waals surface area (Å²) in [7, 11) is 0. The fourth-order valence-corrected chi connectivity index (χ4v) is 3.32. The molecule has 1 aliphatic heterocycles. The third-order valence-electron chi connectivity index (χ3n) is 4.06. The van der Waals surface area contributed by atoms with Crippen molar-refractivity contribution in [2.45, 2.75) is 26.8 Å². The van der Waals surface area contributed by atoms with Crippen LogP contribution in [0.25, 0.3) is 5.65 Å². The number of pyridine rings is 1. The van der Waals surface area contributed by atoms with E-state index in [-0.39, 0.29) is 5.69 Å². The Morgan fingerprint density at radius 2 is 1.95 bits per heavy atom. The number of hydrogen-bond donors (Lipinski definition) is 0. The molecule has 5 heteroatoms. The van der Waals surface area contributed by atoms with Crippen molar-refractivity contribution in [3.05, 3.63) is 34.9 Å². The van der Waals surface area contributed by atoms with Crippen LogP contribution in [0.3, 0.4) is 0 Å². The first-order valence-corrected chi connectivity index (χ1v) is 7.40. The lowest BCUT2D eigenvalue weighted by Gasteiger charge is -2.34. The lowest BCUT2D eigenvalue weighted by molar-refractivity contribution is 0.135. The summed E-state index contributed by atoms with van der Waals surface area (Å²) in [6, 6.07) is 5.62. The van der Waals surface area contributed by atoms with Gasteiger partial charge in [-0.05, 0) is 30.4 Å². The first kappa shape index (κ1) is 13.4. The summed E-state index contributed by atoms with van der Waals surface area (Å²) in [4.78, 5) is 14.6. The summed E-state index contributed by atoms with van der Waals surface area (Å²) in [6.07, 6.45) is 3.08. The van der Waals surface area contributed by atoms with Gasteiger partial charge in [0.05, 0.1) is 6.54 Å². The maximum atomic E-state index is 12.2. The van der Waals surface area contributed by atoms with E-state index < -0.39 is 0 Å². The Labute approximate surface area is 118 Å². The summed E-state index contributed by atoms with van der Waals surface area (Å²) in [5.41, 5.74) is 0.677. The highest BCUT2D eigenvalue weighted by Crippen LogP contribution is 2.20. The van der Waals surface area contributed by atoms with E-state index in [0.717, 1.165) is 37.1 Å². The van der Waals surface area contributed by atoms with Crippen LogP contribution < -0.4 is 5.69 Å². The van der Waals surface area contributed by atoms with Crippen LogP contribution in [-0.4, -0.2) is 38.7 Å². The highest BCUT2D eigenvalue weighted by Gasteiger charge is 2.21. The molecule has 3 heterocycles. The van der Waals surface area contributed by atoms with Crippen LogP contribution in [0, 0.1) is 11.8 Å². The smallest absolute Gasteiger partial charge is 0.301 e. The van der Waals surface area contributed by atoms with Crippen molar-refractivity contribution in [1.82, 2.24) is 19.1 Å². The zero-order valence-electron chi connectivity index (χ0n) is 12.2. The Kier molecular flexibility index (Phi) is 3.61. The maximum Gasteiger partial charge on any atom is 0.350 e. The summed E-state index contributed by atoms with van der Waals surface area (Å²) < 4.78 is 3.18. The van der Waals surface area contributed by atoms with E-state index in [4.69, 9.17) is 0 Å². The number of piperidine rings is 1. The van der Waals surface area contributed by atoms with Crippen LogP contribution in [0.5, 0.6) is 0 Å². The lowest BCUT2D eigenvalue weighted by Crippen LogP contribution is -2.41. The van der Waals surface area contributed by atoms with Crippen molar-refractivity contribution in [2.24, 2.45) is 11.8 Å². The molecule has 1 fully saturated rings. The van der Waals surface area contributed by atoms with Crippen molar-refractivity contribution < 1.29 is 0 Å². The molecule has 2 aromatic heterocycles. The molecule has 0 radical (unpaired) electrons. The van der Waals surface area contributed by atoms with E-state index in [9.17, 15) is 4.79 Å². The average Bonchev–Trinajstić information content (AvgIpc) is 2.73. The predicted octanol–water partition coefficient (Wildman–Crippen LogP) is 1.47. The number of fused-ring (bicyclic) bond motifs is 1. The molecule has 0 amide bonds. The molecule has 5 nitrogen and oxygen atoms in total. The Balaban J connectivity index is 1.71. The van der Waals surface area contributed by atoms with Crippen molar-refractivity contribution in [1.29, 1.82) is 0 Å². The topological polar surface area (TPSA) is 42.5 Å². The second-order valence-corrected chi connectivity index (χ2v) is 6.14. The zero-order chi connectivity index (χ0) is 14.1. The van der Waals surface area contributed by atoms with E-state index >= 15 is 0 Å². The van der Waals surface area contributed by atoms with Gasteiger partial charge in [-0.25, -0.2) is 9.48 Å². The number of aromatic nitrogens is 3. The molecule has 2 aromatic rings. The monoisotopic (exact) mass is 274 g/mol. The summed E-state index contributed by atoms with van der Waals surface area (Å²) in [6.45, 7) is 8.44. The van der Waals surface area contributed by atoms with Crippen LogP contribution >= 0.6 is 0 Å². The molecule has 0 aliphatic carbocycles. The molecule has 2 unspecified atom stereocenters. The minimum atomic E-state index is -0.0429. The van der Waals surface area contributed by atoms with Crippen LogP contribution in [-0.2, 0) is 6.54 Å². The fourth-order valence-electron chi connectivity index (χ4n) is 3.32. The molecule has 2 atom stereocenters. The first-order valence-electron chi connectivity index (χ1n) is 7.40. The molecule has 20 heavy (non-hydrogen) atoms. The van der Waals surface area contributed by atoms with E-state index in [0.29, 0.717) is 6.54 Å². The molecule has 0 spiro atoms. The molecular weight excluding hydrogens is 252 g/mol. The van der Waals surface area contributed by atoms with E-state index in [1.54, 1.807) is 15.3 Å². The SMILES string of the molecule is CC1CC(C)CN(CCn2nc3ccccn3c2=O)C1. The predicted molar refractivity (Wildman–Crippen MR) is 78.8 cm³/mol. The molecular formula is C15H22N4O. The van der Waals surface area contributed by atoms with Crippen LogP contribution in [0.1, 0.15) is 20.3 Å². The van der Waals surface area contributed by atoms with Crippen molar-refractivity contribution in [2.75, 3.05) is 19.6 Å². The summed E-state index contributed by atoms with van der Waals surface area (Å²) in [5, 5.41) is 4.38. The highest BCUT2D eigenvalue weighted by molar-refractivity contribution is 5.35. The third-order valence-corrected chi connectivity index (χ3v) is 4.06. The molecule has 0 N–H and O–H groups in total. The Morgan fingerprint density at radius 3 is 2.65 bits per heavy atom. The van der Waals surface area contributed by atoms with E-state index in [2.05, 4.69) is 23.8 Å². The van der Waals surface area contributed by atoms with Gasteiger partial charge >= 0.3 is 5.69 Å². The molecule has 0 bridgehead atoms. The summed E-state index contributed by atoms with van der Waals surface area (Å²) >= 11 is 0. The number of likely N-dealkylation sites (tertiary alicyclic amines) is 1. The molecule has 0 saturated carbocycles. The second kappa shape index (κ2) is 5.40. The van der Waals surface area contributed by atoms with Gasteiger partial charge < -0.3 is 4.90 Å². The van der Waals surface area contributed by atoms with Crippen molar-refractivity contribution in [3.63, 3.8) is 0 Å². The van der Waals surface area contributed by atoms with Gasteiger partial charge in [0, 0.05) is 25.8 Å². The number of hydrogen-bond acceptors (Lipinski definition) is 3. The normalized spacial score (nSPS) is 24.3. The third kappa shape index (κ3) is 2.63. The Hall–Kier alpha value is -1.62. The van der Waals surface area contributed by atoms with Gasteiger partial charge in [0.1, 0.15) is 0 Å². The van der Waals surface area contributed by atoms with Crippen molar-refractivity contribution >= 4 is 5.65 Å². The van der Waals surface area contributed by atoms with Gasteiger partial charge in [0.25, 0.3) is 0 Å². The van der Waals surface area contributed by atoms with Gasteiger partial charge in [-0.1, -0.05) is 19.9 Å². The number of rotatable bonds is 3. The molecule has 0 aromatic carbocycles. The standard InChI is InChI=1S/C15H22N4O/c1-12-9-13(2)11-17(10-12)7-8-19-15(20)18-6-4-3-5-14(18)16-19/h3-6,12-13H,7-11H2,1-2H3. The highest BCUT2D eigenvalue weighted by atomic mass is 16.2. The van der Waals surface area contributed by atoms with Gasteiger partial charge in [0.15, 0.2) is 5.65 Å². The molecule has 108 valence electrons.